The van der Waals surface area contributed by atoms with Crippen LogP contribution < -0.4 is 32.7 Å². The Morgan fingerprint density at radius 3 is 1.29 bits per heavy atom. The Hall–Kier alpha value is -7.12. The van der Waals surface area contributed by atoms with E-state index in [-0.39, 0.29) is 82.6 Å². The van der Waals surface area contributed by atoms with Crippen molar-refractivity contribution >= 4 is 47.1 Å². The predicted molar refractivity (Wildman–Crippen MR) is 322 cm³/mol. The van der Waals surface area contributed by atoms with Crippen LogP contribution in [0.2, 0.25) is 0 Å². The molecule has 0 fully saturated rings. The first-order valence-electron chi connectivity index (χ1n) is 29.0. The molecule has 0 saturated carbocycles. The average Bonchev–Trinajstić information content (AvgIpc) is 1.50. The zero-order valence-electron chi connectivity index (χ0n) is 52.0. The van der Waals surface area contributed by atoms with Crippen molar-refractivity contribution in [2.75, 3.05) is 61.7 Å². The van der Waals surface area contributed by atoms with Gasteiger partial charge in [0, 0.05) is 87.8 Å². The van der Waals surface area contributed by atoms with Crippen molar-refractivity contribution in [2.45, 2.75) is 143 Å². The summed E-state index contributed by atoms with van der Waals surface area (Å²) in [6.45, 7) is 15.5. The van der Waals surface area contributed by atoms with Crippen molar-refractivity contribution in [3.63, 3.8) is 0 Å². The minimum absolute atomic E-state index is 0.0957. The lowest BCUT2D eigenvalue weighted by molar-refractivity contribution is -0.120. The van der Waals surface area contributed by atoms with E-state index >= 15 is 0 Å². The van der Waals surface area contributed by atoms with Crippen molar-refractivity contribution in [3.05, 3.63) is 117 Å². The van der Waals surface area contributed by atoms with Crippen LogP contribution >= 0.6 is 0 Å². The molecule has 0 radical (unpaired) electrons. The molecule has 0 aromatic carbocycles. The Labute approximate surface area is 505 Å². The zero-order chi connectivity index (χ0) is 64.1. The topological polar surface area (TPSA) is 336 Å². The summed E-state index contributed by atoms with van der Waals surface area (Å²) in [6.07, 6.45) is 7.39. The second-order valence-electron chi connectivity index (χ2n) is 22.7. The number of carbonyl (C=O) groups is 8. The second-order valence-corrected chi connectivity index (χ2v) is 22.7. The summed E-state index contributed by atoms with van der Waals surface area (Å²) in [5.41, 5.74) is 12.5. The minimum atomic E-state index is -1.05. The van der Waals surface area contributed by atoms with Crippen LogP contribution in [0.3, 0.4) is 0 Å². The summed E-state index contributed by atoms with van der Waals surface area (Å²) in [6, 6.07) is 0. The fourth-order valence-electron chi connectivity index (χ4n) is 10.8. The highest BCUT2D eigenvalue weighted by molar-refractivity contribution is 6.24. The number of primary amides is 2. The molecule has 86 heavy (non-hydrogen) atoms. The minimum Gasteiger partial charge on any atom is -0.439 e. The smallest absolute Gasteiger partial charge is 0.405 e. The van der Waals surface area contributed by atoms with E-state index in [9.17, 15) is 48.6 Å². The molecule has 23 heteroatoms. The summed E-state index contributed by atoms with van der Waals surface area (Å²) in [5, 5.41) is 34.8. The summed E-state index contributed by atoms with van der Waals surface area (Å²) in [7, 11) is 7.68. The lowest BCUT2D eigenvalue weighted by Gasteiger charge is -2.30. The molecular formula is C63H91N7O16. The first kappa shape index (κ1) is 71.4. The van der Waals surface area contributed by atoms with Crippen molar-refractivity contribution in [1.82, 2.24) is 26.2 Å². The number of Topliss-reactive ketones (excluding diaryl/α,β-unsaturated/α-hetero) is 2. The fourth-order valence-corrected chi connectivity index (χ4v) is 10.8. The van der Waals surface area contributed by atoms with Gasteiger partial charge in [0.25, 0.3) is 11.8 Å². The maximum Gasteiger partial charge on any atom is 0.405 e. The molecule has 2 aliphatic carbocycles. The molecule has 4 bridgehead atoms. The Morgan fingerprint density at radius 1 is 0.605 bits per heavy atom. The number of amides is 4. The molecule has 4 aliphatic rings. The van der Waals surface area contributed by atoms with Crippen LogP contribution in [0.15, 0.2) is 117 Å². The number of allylic oxidation sites excluding steroid dienone is 8. The van der Waals surface area contributed by atoms with Gasteiger partial charge in [0.05, 0.1) is 47.2 Å². The van der Waals surface area contributed by atoms with Gasteiger partial charge in [0.1, 0.15) is 12.2 Å². The molecule has 12 atom stereocenters. The number of nitrogens with zero attached hydrogens (tertiary/aromatic N) is 1. The second kappa shape index (κ2) is 34.3. The first-order valence-corrected chi connectivity index (χ1v) is 29.0. The highest BCUT2D eigenvalue weighted by Gasteiger charge is 2.36. The molecule has 12 unspecified atom stereocenters. The zero-order valence-corrected chi connectivity index (χ0v) is 52.0. The van der Waals surface area contributed by atoms with Crippen molar-refractivity contribution in [2.24, 2.45) is 35.1 Å². The quantitative estimate of drug-likeness (QED) is 0.0602. The van der Waals surface area contributed by atoms with Crippen molar-refractivity contribution in [3.8, 4) is 0 Å². The Morgan fingerprint density at radius 2 is 0.965 bits per heavy atom. The van der Waals surface area contributed by atoms with Crippen molar-refractivity contribution in [1.29, 1.82) is 0 Å². The molecule has 2 heterocycles. The van der Waals surface area contributed by atoms with Gasteiger partial charge in [0.2, 0.25) is 23.1 Å². The fraction of sp³-hybridized carbons (Fsp3) is 0.556. The van der Waals surface area contributed by atoms with Gasteiger partial charge in [0.15, 0.2) is 12.2 Å². The van der Waals surface area contributed by atoms with Crippen LogP contribution in [-0.4, -0.2) is 173 Å². The summed E-state index contributed by atoms with van der Waals surface area (Å²) < 4.78 is 33.7. The molecule has 4 rings (SSSR count). The van der Waals surface area contributed by atoms with Crippen LogP contribution in [0.5, 0.6) is 0 Å². The monoisotopic (exact) mass is 1200 g/mol. The number of carbonyl (C=O) groups excluding carboxylic acids is 8. The van der Waals surface area contributed by atoms with E-state index in [1.807, 2.05) is 20.9 Å². The molecule has 474 valence electrons. The number of ether oxygens (including phenoxy) is 6. The van der Waals surface area contributed by atoms with E-state index in [1.165, 1.54) is 66.6 Å². The van der Waals surface area contributed by atoms with E-state index in [2.05, 4.69) is 26.2 Å². The van der Waals surface area contributed by atoms with Crippen LogP contribution in [0.25, 0.3) is 0 Å². The Kier molecular flexibility index (Phi) is 28.4. The van der Waals surface area contributed by atoms with Crippen LogP contribution in [0, 0.1) is 23.7 Å². The molecule has 0 spiro atoms. The van der Waals surface area contributed by atoms with Gasteiger partial charge >= 0.3 is 12.2 Å². The Balaban J connectivity index is 1.51. The maximum absolute atomic E-state index is 14.3. The summed E-state index contributed by atoms with van der Waals surface area (Å²) >= 11 is 0. The largest absolute Gasteiger partial charge is 0.439 e. The standard InChI is InChI=1S/C63H91N7O16/c1-34-26-42-52(46(71)32-44(56(42)75)68-60(77)36(3)18-14-20-48(81-10)58(85-62(64)79)40(7)30-38(5)54(73)50(28-34)83-12)66-22-16-24-70(9)25-17-23-67-53-43-27-35(2)29-51(84-13)55(74)39(6)31-41(8)59(86-63(65)80)49(82-11)21-15-19-37(4)61(78)69-45(57(43)76)33-47(53)72/h14-15,18-21,30-35,38-39,48-51,54-55,58-59,66-67,73-74H,16-17,22-29H2,1-13H3,(H2,64,79)(H2,65,80)(H,68,77)(H,69,78)/b20-14-,21-15-,36-18+,37-19+,40-30+,41-31+. The number of hydrogen-bond acceptors (Lipinski definition) is 19. The lowest BCUT2D eigenvalue weighted by Crippen LogP contribution is -2.38. The first-order chi connectivity index (χ1) is 40.6. The van der Waals surface area contributed by atoms with Crippen LogP contribution in [0.4, 0.5) is 9.59 Å². The van der Waals surface area contributed by atoms with E-state index in [1.54, 1.807) is 52.0 Å². The molecular weight excluding hydrogens is 1110 g/mol. The lowest BCUT2D eigenvalue weighted by atomic mass is 9.85. The number of fused-ring (bicyclic) bond motifs is 4. The third-order valence-electron chi connectivity index (χ3n) is 15.6. The molecule has 0 aromatic heterocycles. The van der Waals surface area contributed by atoms with E-state index in [4.69, 9.17) is 39.9 Å². The number of nitrogens with one attached hydrogen (secondary N) is 4. The third kappa shape index (κ3) is 20.5. The van der Waals surface area contributed by atoms with Gasteiger partial charge < -0.3 is 76.3 Å². The van der Waals surface area contributed by atoms with Gasteiger partial charge in [-0.3, -0.25) is 28.8 Å². The molecule has 4 amide bonds. The predicted octanol–water partition coefficient (Wildman–Crippen LogP) is 4.43. The number of aliphatic hydroxyl groups excluding tert-OH is 2. The van der Waals surface area contributed by atoms with E-state index in [0.717, 1.165) is 12.2 Å². The summed E-state index contributed by atoms with van der Waals surface area (Å²) in [4.78, 5) is 109. The van der Waals surface area contributed by atoms with Gasteiger partial charge in [-0.25, -0.2) is 9.59 Å². The van der Waals surface area contributed by atoms with E-state index in [0.29, 0.717) is 50.2 Å². The number of aliphatic hydroxyl groups is 2. The highest BCUT2D eigenvalue weighted by atomic mass is 16.6. The Bertz CT molecular complexity index is 2640. The number of methoxy groups -OCH3 is 4. The molecule has 23 nitrogen and oxygen atoms in total. The average molecular weight is 1200 g/mol. The van der Waals surface area contributed by atoms with Gasteiger partial charge in [-0.15, -0.1) is 0 Å². The van der Waals surface area contributed by atoms with Crippen LogP contribution in [-0.2, 0) is 57.2 Å². The van der Waals surface area contributed by atoms with Crippen LogP contribution in [0.1, 0.15) is 93.9 Å². The molecule has 2 aliphatic heterocycles. The molecule has 10 N–H and O–H groups in total. The third-order valence-corrected chi connectivity index (χ3v) is 15.6. The van der Waals surface area contributed by atoms with Gasteiger partial charge in [-0.2, -0.15) is 0 Å². The maximum atomic E-state index is 14.3. The number of nitrogens with two attached hydrogens (primary N) is 2. The number of rotatable bonds is 16. The highest BCUT2D eigenvalue weighted by Crippen LogP contribution is 2.31. The molecule has 0 saturated heterocycles. The summed E-state index contributed by atoms with van der Waals surface area (Å²) in [5.74, 6) is -5.05. The van der Waals surface area contributed by atoms with Gasteiger partial charge in [-0.1, -0.05) is 76.3 Å². The normalized spacial score (nSPS) is 31.5. The SMILES string of the molecule is COC1/C=C\C=C(/C)C(=O)NC2=CC(=O)C(NCCCN(C)CCCNC3=C4CC(C)CC(OC)C(O)C(C)/C=C(\C)C(OC(N)=O)C(OC)/C=C\C=C(/C)C(=O)NC(=CC3=O)C4=O)=C(CC(C)CC(OC)C(O)C(C)/C=C(\C)C1OC(N)=O)C2=O. The van der Waals surface area contributed by atoms with E-state index < -0.39 is 108 Å². The number of hydrogen-bond donors (Lipinski definition) is 8. The van der Waals surface area contributed by atoms with Crippen molar-refractivity contribution < 1.29 is 77.0 Å². The number of ketones is 4. The molecule has 0 aromatic rings. The van der Waals surface area contributed by atoms with Gasteiger partial charge in [-0.05, 0) is 109 Å².